The first-order valence-corrected chi connectivity index (χ1v) is 12.8. The van der Waals surface area contributed by atoms with Gasteiger partial charge in [0.25, 0.3) is 0 Å². The van der Waals surface area contributed by atoms with E-state index in [1.165, 1.54) is 12.8 Å². The number of amidine groups is 1. The van der Waals surface area contributed by atoms with Crippen LogP contribution in [0.2, 0.25) is 10.0 Å². The van der Waals surface area contributed by atoms with E-state index < -0.39 is 5.41 Å². The number of fused-ring (bicyclic) bond motifs is 1. The van der Waals surface area contributed by atoms with Gasteiger partial charge in [0.1, 0.15) is 16.5 Å². The smallest absolute Gasteiger partial charge is 0.171 e. The molecule has 5 N–H and O–H groups in total. The molecule has 1 atom stereocenters. The van der Waals surface area contributed by atoms with Gasteiger partial charge >= 0.3 is 0 Å². The zero-order chi connectivity index (χ0) is 25.0. The summed E-state index contributed by atoms with van der Waals surface area (Å²) >= 11 is 13.1. The minimum atomic E-state index is -0.392. The third-order valence-corrected chi connectivity index (χ3v) is 8.04. The van der Waals surface area contributed by atoms with Crippen LogP contribution in [-0.4, -0.2) is 24.8 Å². The lowest BCUT2D eigenvalue weighted by Crippen LogP contribution is -2.32. The fourth-order valence-electron chi connectivity index (χ4n) is 5.25. The van der Waals surface area contributed by atoms with Crippen LogP contribution in [0.25, 0.3) is 0 Å². The number of hydrazone groups is 1. The number of nitrogens with zero attached hydrogens (tertiary/aromatic N) is 1. The van der Waals surface area contributed by atoms with Gasteiger partial charge in [-0.25, -0.2) is 11.4 Å². The molecule has 0 bridgehead atoms. The van der Waals surface area contributed by atoms with Gasteiger partial charge < -0.3 is 15.2 Å². The standard InChI is InChI=1S/C26H32Cl2N4O3/c1-26(18-8-2-3-9-18)15-17-14-20(22(27)23(28)21(17)24(26)33)35-12-5-4-11-34-19-10-6-7-16(13-19)25(29)31-32-30/h6-7,10,13-14,18,32H,2-5,8-9,11-12,15,30H2,1H3,(H2,29,31). The summed E-state index contributed by atoms with van der Waals surface area (Å²) in [4.78, 5) is 13.3. The van der Waals surface area contributed by atoms with Gasteiger partial charge in [-0.2, -0.15) is 0 Å². The van der Waals surface area contributed by atoms with Crippen molar-refractivity contribution in [2.45, 2.75) is 51.9 Å². The van der Waals surface area contributed by atoms with Gasteiger partial charge in [0, 0.05) is 16.5 Å². The first-order chi connectivity index (χ1) is 16.8. The van der Waals surface area contributed by atoms with E-state index in [0.29, 0.717) is 52.7 Å². The zero-order valence-corrected chi connectivity index (χ0v) is 21.4. The van der Waals surface area contributed by atoms with Crippen molar-refractivity contribution in [3.05, 3.63) is 57.1 Å². The number of nitrogens with one attached hydrogen (secondary N) is 1. The second kappa shape index (κ2) is 11.1. The van der Waals surface area contributed by atoms with Crippen molar-refractivity contribution in [3.63, 3.8) is 0 Å². The molecule has 9 heteroatoms. The normalized spacial score (nSPS) is 20.2. The Morgan fingerprint density at radius 1 is 1.14 bits per heavy atom. The Labute approximate surface area is 216 Å². The lowest BCUT2D eigenvalue weighted by Gasteiger charge is -2.29. The summed E-state index contributed by atoms with van der Waals surface area (Å²) in [5.41, 5.74) is 9.87. The van der Waals surface area contributed by atoms with Crippen molar-refractivity contribution >= 4 is 34.8 Å². The van der Waals surface area contributed by atoms with Gasteiger partial charge in [-0.1, -0.05) is 55.1 Å². The summed E-state index contributed by atoms with van der Waals surface area (Å²) in [7, 11) is 0. The molecule has 0 amide bonds. The predicted molar refractivity (Wildman–Crippen MR) is 139 cm³/mol. The first-order valence-electron chi connectivity index (χ1n) is 12.1. The Bertz CT molecular complexity index is 1120. The van der Waals surface area contributed by atoms with E-state index in [4.69, 9.17) is 44.3 Å². The fourth-order valence-corrected chi connectivity index (χ4v) is 5.76. The maximum atomic E-state index is 13.3. The van der Waals surface area contributed by atoms with Crippen LogP contribution >= 0.6 is 23.2 Å². The highest BCUT2D eigenvalue weighted by molar-refractivity contribution is 6.45. The lowest BCUT2D eigenvalue weighted by atomic mass is 9.73. The molecule has 1 fully saturated rings. The Kier molecular flexibility index (Phi) is 8.09. The van der Waals surface area contributed by atoms with Crippen LogP contribution in [0.5, 0.6) is 11.5 Å². The predicted octanol–water partition coefficient (Wildman–Crippen LogP) is 5.25. The van der Waals surface area contributed by atoms with Crippen LogP contribution in [0.1, 0.15) is 66.9 Å². The lowest BCUT2D eigenvalue weighted by molar-refractivity contribution is 0.0744. The molecule has 2 aliphatic rings. The maximum absolute atomic E-state index is 13.3. The minimum absolute atomic E-state index is 0.131. The molecule has 0 spiro atoms. The van der Waals surface area contributed by atoms with Crippen LogP contribution in [0.3, 0.4) is 0 Å². The third kappa shape index (κ3) is 5.37. The Hall–Kier alpha value is -2.48. The van der Waals surface area contributed by atoms with Crippen molar-refractivity contribution < 1.29 is 14.3 Å². The molecule has 0 heterocycles. The summed E-state index contributed by atoms with van der Waals surface area (Å²) in [5.74, 6) is 7.22. The van der Waals surface area contributed by atoms with Gasteiger partial charge in [0.05, 0.1) is 18.2 Å². The van der Waals surface area contributed by atoms with Crippen LogP contribution < -0.4 is 26.6 Å². The van der Waals surface area contributed by atoms with E-state index in [2.05, 4.69) is 17.6 Å². The summed E-state index contributed by atoms with van der Waals surface area (Å²) in [5, 5.41) is 4.40. The number of carbonyl (C=O) groups excluding carboxylic acids is 1. The van der Waals surface area contributed by atoms with Gasteiger partial charge in [0.2, 0.25) is 0 Å². The number of hydrogen-bond donors (Lipinski definition) is 3. The molecule has 1 unspecified atom stereocenters. The summed E-state index contributed by atoms with van der Waals surface area (Å²) < 4.78 is 11.8. The van der Waals surface area contributed by atoms with Crippen molar-refractivity contribution in [2.24, 2.45) is 28.0 Å². The van der Waals surface area contributed by atoms with Crippen molar-refractivity contribution in [1.82, 2.24) is 5.53 Å². The molecule has 2 aliphatic carbocycles. The number of halogens is 2. The summed E-state index contributed by atoms with van der Waals surface area (Å²) in [6.07, 6.45) is 6.83. The molecule has 1 saturated carbocycles. The minimum Gasteiger partial charge on any atom is -0.494 e. The van der Waals surface area contributed by atoms with Crippen molar-refractivity contribution in [1.29, 1.82) is 0 Å². The molecule has 2 aromatic carbocycles. The largest absolute Gasteiger partial charge is 0.494 e. The van der Waals surface area contributed by atoms with Crippen LogP contribution in [0, 0.1) is 11.3 Å². The molecule has 0 aliphatic heterocycles. The second-order valence-electron chi connectivity index (χ2n) is 9.50. The van der Waals surface area contributed by atoms with E-state index in [1.54, 1.807) is 6.07 Å². The van der Waals surface area contributed by atoms with E-state index >= 15 is 0 Å². The number of unbranched alkanes of at least 4 members (excludes halogenated alkanes) is 1. The Balaban J connectivity index is 1.30. The van der Waals surface area contributed by atoms with Crippen LogP contribution in [0.15, 0.2) is 35.4 Å². The van der Waals surface area contributed by atoms with Crippen LogP contribution in [-0.2, 0) is 6.42 Å². The highest BCUT2D eigenvalue weighted by Crippen LogP contribution is 2.52. The van der Waals surface area contributed by atoms with Gasteiger partial charge in [0.15, 0.2) is 11.6 Å². The Morgan fingerprint density at radius 2 is 1.86 bits per heavy atom. The number of ketones is 1. The molecular formula is C26H32Cl2N4O3. The van der Waals surface area contributed by atoms with Gasteiger partial charge in [-0.3, -0.25) is 4.79 Å². The van der Waals surface area contributed by atoms with Gasteiger partial charge in [-0.05, 0) is 61.8 Å². The molecule has 0 saturated heterocycles. The highest BCUT2D eigenvalue weighted by Gasteiger charge is 2.49. The van der Waals surface area contributed by atoms with Crippen LogP contribution in [0.4, 0.5) is 0 Å². The molecule has 35 heavy (non-hydrogen) atoms. The quantitative estimate of drug-likeness (QED) is 0.130. The third-order valence-electron chi connectivity index (χ3n) is 7.19. The zero-order valence-electron chi connectivity index (χ0n) is 19.9. The maximum Gasteiger partial charge on any atom is 0.171 e. The van der Waals surface area contributed by atoms with E-state index in [0.717, 1.165) is 36.8 Å². The fraction of sp³-hybridized carbons (Fsp3) is 0.462. The second-order valence-corrected chi connectivity index (χ2v) is 10.3. The molecule has 7 nitrogen and oxygen atoms in total. The monoisotopic (exact) mass is 518 g/mol. The number of carbonyl (C=O) groups is 1. The first kappa shape index (κ1) is 25.6. The molecule has 4 rings (SSSR count). The molecule has 0 aromatic heterocycles. The average molecular weight is 519 g/mol. The number of nitrogens with two attached hydrogens (primary N) is 2. The number of ether oxygens (including phenoxy) is 2. The number of benzene rings is 2. The SMILES string of the molecule is CC1(C2CCCC2)Cc2cc(OCCCCOc3cccc(/C(N)=N/NN)c3)c(Cl)c(Cl)c2C1=O. The van der Waals surface area contributed by atoms with Crippen molar-refractivity contribution in [3.8, 4) is 11.5 Å². The summed E-state index contributed by atoms with van der Waals surface area (Å²) in [6.45, 7) is 3.07. The molecular weight excluding hydrogens is 487 g/mol. The van der Waals surface area contributed by atoms with Crippen molar-refractivity contribution in [2.75, 3.05) is 13.2 Å². The summed E-state index contributed by atoms with van der Waals surface area (Å²) in [6, 6.07) is 9.24. The number of hydrogen-bond acceptors (Lipinski definition) is 6. The van der Waals surface area contributed by atoms with Gasteiger partial charge in [-0.15, -0.1) is 5.10 Å². The average Bonchev–Trinajstić information content (AvgIpc) is 3.48. The van der Waals surface area contributed by atoms with E-state index in [-0.39, 0.29) is 11.6 Å². The Morgan fingerprint density at radius 3 is 2.57 bits per heavy atom. The number of Topliss-reactive ketones (excluding diaryl/α,β-unsaturated/α-hetero) is 1. The molecule has 0 radical (unpaired) electrons. The topological polar surface area (TPSA) is 112 Å². The highest BCUT2D eigenvalue weighted by atomic mass is 35.5. The molecule has 2 aromatic rings. The number of rotatable bonds is 10. The van der Waals surface area contributed by atoms with E-state index in [9.17, 15) is 4.79 Å². The molecule has 188 valence electrons. The number of hydrazine groups is 1. The van der Waals surface area contributed by atoms with E-state index in [1.807, 2.05) is 24.3 Å².